The number of nitrogens with zero attached hydrogens (tertiary/aromatic N) is 1. The standard InChI is InChI=1S/C18H23NO2/c20-17(18-7-4-12-21-18)13-15-8-10-19(11-9-15)14-16-5-2-1-3-6-16/h1-7,12,15,17,20H,8-11,13-14H2/t17-/m1/s1. The van der Waals surface area contributed by atoms with Gasteiger partial charge in [-0.2, -0.15) is 0 Å². The van der Waals surface area contributed by atoms with Gasteiger partial charge in [-0.05, 0) is 56.0 Å². The maximum absolute atomic E-state index is 10.2. The highest BCUT2D eigenvalue weighted by molar-refractivity contribution is 5.14. The van der Waals surface area contributed by atoms with Crippen molar-refractivity contribution in [3.63, 3.8) is 0 Å². The molecule has 0 bridgehead atoms. The van der Waals surface area contributed by atoms with Crippen molar-refractivity contribution in [2.24, 2.45) is 5.92 Å². The summed E-state index contributed by atoms with van der Waals surface area (Å²) in [7, 11) is 0. The Labute approximate surface area is 126 Å². The van der Waals surface area contributed by atoms with Crippen LogP contribution in [-0.2, 0) is 6.54 Å². The van der Waals surface area contributed by atoms with Gasteiger partial charge in [-0.15, -0.1) is 0 Å². The number of aliphatic hydroxyl groups is 1. The number of aliphatic hydroxyl groups excluding tert-OH is 1. The molecule has 1 fully saturated rings. The van der Waals surface area contributed by atoms with Crippen molar-refractivity contribution in [2.75, 3.05) is 13.1 Å². The smallest absolute Gasteiger partial charge is 0.132 e. The number of benzene rings is 1. The van der Waals surface area contributed by atoms with Gasteiger partial charge >= 0.3 is 0 Å². The summed E-state index contributed by atoms with van der Waals surface area (Å²) >= 11 is 0. The largest absolute Gasteiger partial charge is 0.467 e. The monoisotopic (exact) mass is 285 g/mol. The Hall–Kier alpha value is -1.58. The molecular weight excluding hydrogens is 262 g/mol. The van der Waals surface area contributed by atoms with Crippen molar-refractivity contribution in [3.05, 3.63) is 60.1 Å². The number of rotatable bonds is 5. The van der Waals surface area contributed by atoms with Gasteiger partial charge in [0, 0.05) is 6.54 Å². The van der Waals surface area contributed by atoms with Gasteiger partial charge < -0.3 is 9.52 Å². The number of furan rings is 1. The SMILES string of the molecule is O[C@H](CC1CCN(Cc2ccccc2)CC1)c1ccco1. The topological polar surface area (TPSA) is 36.6 Å². The number of hydrogen-bond acceptors (Lipinski definition) is 3. The van der Waals surface area contributed by atoms with Crippen LogP contribution in [0.5, 0.6) is 0 Å². The number of hydrogen-bond donors (Lipinski definition) is 1. The van der Waals surface area contributed by atoms with Crippen LogP contribution >= 0.6 is 0 Å². The van der Waals surface area contributed by atoms with E-state index < -0.39 is 6.10 Å². The van der Waals surface area contributed by atoms with Gasteiger partial charge in [0.05, 0.1) is 6.26 Å². The lowest BCUT2D eigenvalue weighted by Gasteiger charge is -2.32. The molecule has 3 nitrogen and oxygen atoms in total. The summed E-state index contributed by atoms with van der Waals surface area (Å²) in [5, 5.41) is 10.2. The fraction of sp³-hybridized carbons (Fsp3) is 0.444. The molecule has 1 saturated heterocycles. The first kappa shape index (κ1) is 14.4. The molecule has 2 aromatic rings. The minimum atomic E-state index is -0.453. The fourth-order valence-electron chi connectivity index (χ4n) is 3.13. The zero-order valence-electron chi connectivity index (χ0n) is 12.3. The molecule has 0 unspecified atom stereocenters. The molecule has 2 heterocycles. The second-order valence-electron chi connectivity index (χ2n) is 5.97. The molecule has 21 heavy (non-hydrogen) atoms. The summed E-state index contributed by atoms with van der Waals surface area (Å²) in [5.41, 5.74) is 1.38. The Kier molecular flexibility index (Phi) is 4.73. The Balaban J connectivity index is 1.45. The van der Waals surface area contributed by atoms with Gasteiger partial charge in [-0.3, -0.25) is 4.90 Å². The third kappa shape index (κ3) is 3.96. The number of likely N-dealkylation sites (tertiary alicyclic amines) is 1. The summed E-state index contributed by atoms with van der Waals surface area (Å²) in [4.78, 5) is 2.51. The second kappa shape index (κ2) is 6.92. The molecule has 0 saturated carbocycles. The third-order valence-electron chi connectivity index (χ3n) is 4.38. The summed E-state index contributed by atoms with van der Waals surface area (Å²) in [6, 6.07) is 14.3. The molecule has 1 aliphatic rings. The van der Waals surface area contributed by atoms with Crippen molar-refractivity contribution >= 4 is 0 Å². The van der Waals surface area contributed by atoms with Gasteiger partial charge in [0.15, 0.2) is 0 Å². The van der Waals surface area contributed by atoms with Crippen LogP contribution < -0.4 is 0 Å². The van der Waals surface area contributed by atoms with Gasteiger partial charge in [-0.1, -0.05) is 30.3 Å². The predicted octanol–water partition coefficient (Wildman–Crippen LogP) is 3.62. The van der Waals surface area contributed by atoms with Crippen molar-refractivity contribution in [3.8, 4) is 0 Å². The van der Waals surface area contributed by atoms with Gasteiger partial charge in [-0.25, -0.2) is 0 Å². The van der Waals surface area contributed by atoms with Crippen LogP contribution in [0.2, 0.25) is 0 Å². The quantitative estimate of drug-likeness (QED) is 0.911. The van der Waals surface area contributed by atoms with E-state index >= 15 is 0 Å². The van der Waals surface area contributed by atoms with Crippen molar-refractivity contribution in [2.45, 2.75) is 31.9 Å². The molecule has 3 heteroatoms. The molecular formula is C18H23NO2. The van der Waals surface area contributed by atoms with Gasteiger partial charge in [0.2, 0.25) is 0 Å². The molecule has 112 valence electrons. The molecule has 1 atom stereocenters. The molecule has 3 rings (SSSR count). The number of piperidine rings is 1. The molecule has 1 N–H and O–H groups in total. The highest BCUT2D eigenvalue weighted by Gasteiger charge is 2.23. The second-order valence-corrected chi connectivity index (χ2v) is 5.97. The first-order valence-electron chi connectivity index (χ1n) is 7.79. The molecule has 1 aromatic heterocycles. The van der Waals surface area contributed by atoms with Gasteiger partial charge in [0.1, 0.15) is 11.9 Å². The van der Waals surface area contributed by atoms with Crippen molar-refractivity contribution in [1.29, 1.82) is 0 Å². The van der Waals surface area contributed by atoms with E-state index in [4.69, 9.17) is 4.42 Å². The van der Waals surface area contributed by atoms with Crippen molar-refractivity contribution < 1.29 is 9.52 Å². The van der Waals surface area contributed by atoms with Crippen LogP contribution in [0.1, 0.15) is 36.7 Å². The Morgan fingerprint density at radius 3 is 2.52 bits per heavy atom. The first-order valence-corrected chi connectivity index (χ1v) is 7.79. The maximum Gasteiger partial charge on any atom is 0.132 e. The van der Waals surface area contributed by atoms with E-state index in [1.54, 1.807) is 6.26 Å². The fourth-order valence-corrected chi connectivity index (χ4v) is 3.13. The Bertz CT molecular complexity index is 515. The average molecular weight is 285 g/mol. The lowest BCUT2D eigenvalue weighted by molar-refractivity contribution is 0.0906. The first-order chi connectivity index (χ1) is 10.3. The van der Waals surface area contributed by atoms with E-state index in [9.17, 15) is 5.11 Å². The van der Waals surface area contributed by atoms with E-state index in [1.807, 2.05) is 12.1 Å². The van der Waals surface area contributed by atoms with E-state index in [0.717, 1.165) is 38.9 Å². The highest BCUT2D eigenvalue weighted by Crippen LogP contribution is 2.28. The molecule has 0 amide bonds. The predicted molar refractivity (Wildman–Crippen MR) is 82.7 cm³/mol. The zero-order valence-corrected chi connectivity index (χ0v) is 12.3. The van der Waals surface area contributed by atoms with E-state index in [0.29, 0.717) is 11.7 Å². The molecule has 0 aliphatic carbocycles. The lowest BCUT2D eigenvalue weighted by Crippen LogP contribution is -2.33. The minimum Gasteiger partial charge on any atom is -0.467 e. The molecule has 1 aromatic carbocycles. The van der Waals surface area contributed by atoms with E-state index in [2.05, 4.69) is 35.2 Å². The third-order valence-corrected chi connectivity index (χ3v) is 4.38. The molecule has 1 aliphatic heterocycles. The van der Waals surface area contributed by atoms with E-state index in [-0.39, 0.29) is 0 Å². The zero-order chi connectivity index (χ0) is 14.5. The summed E-state index contributed by atoms with van der Waals surface area (Å²) in [5.74, 6) is 1.29. The van der Waals surface area contributed by atoms with Crippen LogP contribution in [-0.4, -0.2) is 23.1 Å². The van der Waals surface area contributed by atoms with Crippen LogP contribution in [0.15, 0.2) is 53.1 Å². The van der Waals surface area contributed by atoms with Crippen LogP contribution in [0, 0.1) is 5.92 Å². The highest BCUT2D eigenvalue weighted by atomic mass is 16.4. The van der Waals surface area contributed by atoms with Gasteiger partial charge in [0.25, 0.3) is 0 Å². The summed E-state index contributed by atoms with van der Waals surface area (Å²) in [6.07, 6.45) is 4.30. The van der Waals surface area contributed by atoms with Crippen LogP contribution in [0.3, 0.4) is 0 Å². The molecule has 0 spiro atoms. The minimum absolute atomic E-state index is 0.453. The average Bonchev–Trinajstić information content (AvgIpc) is 3.05. The lowest BCUT2D eigenvalue weighted by atomic mass is 9.90. The normalized spacial score (nSPS) is 18.7. The van der Waals surface area contributed by atoms with Crippen LogP contribution in [0.4, 0.5) is 0 Å². The Morgan fingerprint density at radius 1 is 1.10 bits per heavy atom. The Morgan fingerprint density at radius 2 is 1.86 bits per heavy atom. The summed E-state index contributed by atoms with van der Waals surface area (Å²) < 4.78 is 5.28. The van der Waals surface area contributed by atoms with Crippen LogP contribution in [0.25, 0.3) is 0 Å². The van der Waals surface area contributed by atoms with E-state index in [1.165, 1.54) is 5.56 Å². The molecule has 0 radical (unpaired) electrons. The summed E-state index contributed by atoms with van der Waals surface area (Å²) in [6.45, 7) is 3.27. The maximum atomic E-state index is 10.2. The van der Waals surface area contributed by atoms with Crippen molar-refractivity contribution in [1.82, 2.24) is 4.90 Å².